The topological polar surface area (TPSA) is 45.7 Å². The standard InChI is InChI=1S/C17H23ClF3N3O2/c1-16(2,3)26-15(25)24-7-5-6-12(24)10-23(4)14-13(18)8-11(9-22-14)17(19,20)21/h8-9,12H,5-7,10H2,1-4H3/t12-/m1/s1. The second kappa shape index (κ2) is 7.50. The monoisotopic (exact) mass is 393 g/mol. The van der Waals surface area contributed by atoms with Crippen molar-refractivity contribution in [3.8, 4) is 0 Å². The van der Waals surface area contributed by atoms with Gasteiger partial charge in [-0.05, 0) is 39.7 Å². The molecule has 0 N–H and O–H groups in total. The molecule has 146 valence electrons. The molecule has 0 aromatic carbocycles. The molecule has 0 saturated carbocycles. The first-order valence-electron chi connectivity index (χ1n) is 8.32. The molecule has 0 bridgehead atoms. The molecule has 1 fully saturated rings. The fraction of sp³-hybridized carbons (Fsp3) is 0.647. The summed E-state index contributed by atoms with van der Waals surface area (Å²) in [5, 5.41) is -0.0795. The summed E-state index contributed by atoms with van der Waals surface area (Å²) in [6.45, 7) is 6.38. The molecular weight excluding hydrogens is 371 g/mol. The van der Waals surface area contributed by atoms with Gasteiger partial charge in [-0.15, -0.1) is 0 Å². The third kappa shape index (κ3) is 5.16. The number of hydrogen-bond acceptors (Lipinski definition) is 4. The number of alkyl halides is 3. The average molecular weight is 394 g/mol. The van der Waals surface area contributed by atoms with Gasteiger partial charge in [-0.2, -0.15) is 13.2 Å². The molecule has 0 spiro atoms. The van der Waals surface area contributed by atoms with Crippen molar-refractivity contribution >= 4 is 23.5 Å². The van der Waals surface area contributed by atoms with E-state index in [0.717, 1.165) is 25.1 Å². The lowest BCUT2D eigenvalue weighted by Crippen LogP contribution is -2.44. The van der Waals surface area contributed by atoms with Crippen molar-refractivity contribution in [3.63, 3.8) is 0 Å². The van der Waals surface area contributed by atoms with Crippen LogP contribution in [0, 0.1) is 0 Å². The van der Waals surface area contributed by atoms with Crippen LogP contribution in [-0.4, -0.2) is 47.8 Å². The van der Waals surface area contributed by atoms with Gasteiger partial charge < -0.3 is 14.5 Å². The van der Waals surface area contributed by atoms with Crippen molar-refractivity contribution < 1.29 is 22.7 Å². The minimum Gasteiger partial charge on any atom is -0.444 e. The number of amides is 1. The molecule has 2 heterocycles. The van der Waals surface area contributed by atoms with Gasteiger partial charge in [0.15, 0.2) is 0 Å². The highest BCUT2D eigenvalue weighted by Crippen LogP contribution is 2.33. The van der Waals surface area contributed by atoms with Crippen LogP contribution in [-0.2, 0) is 10.9 Å². The van der Waals surface area contributed by atoms with Crippen molar-refractivity contribution in [2.24, 2.45) is 0 Å². The molecule has 1 saturated heterocycles. The van der Waals surface area contributed by atoms with Crippen molar-refractivity contribution in [1.82, 2.24) is 9.88 Å². The summed E-state index contributed by atoms with van der Waals surface area (Å²) >= 11 is 5.99. The first kappa shape index (κ1) is 20.6. The Morgan fingerprint density at radius 1 is 1.42 bits per heavy atom. The first-order chi connectivity index (χ1) is 11.9. The second-order valence-electron chi connectivity index (χ2n) is 7.38. The minimum atomic E-state index is -4.49. The van der Waals surface area contributed by atoms with E-state index in [0.29, 0.717) is 13.1 Å². The highest BCUT2D eigenvalue weighted by atomic mass is 35.5. The van der Waals surface area contributed by atoms with Gasteiger partial charge in [-0.25, -0.2) is 9.78 Å². The summed E-state index contributed by atoms with van der Waals surface area (Å²) in [4.78, 5) is 19.5. The van der Waals surface area contributed by atoms with Crippen molar-refractivity contribution in [2.75, 3.05) is 25.0 Å². The Hall–Kier alpha value is -1.70. The molecule has 2 rings (SSSR count). The van der Waals surface area contributed by atoms with Gasteiger partial charge in [-0.3, -0.25) is 0 Å². The maximum absolute atomic E-state index is 12.7. The smallest absolute Gasteiger partial charge is 0.417 e. The molecule has 1 aliphatic heterocycles. The van der Waals surface area contributed by atoms with E-state index in [1.807, 2.05) is 0 Å². The van der Waals surface area contributed by atoms with Gasteiger partial charge in [0, 0.05) is 26.3 Å². The molecule has 5 nitrogen and oxygen atoms in total. The van der Waals surface area contributed by atoms with E-state index in [-0.39, 0.29) is 23.0 Å². The molecule has 1 atom stereocenters. The lowest BCUT2D eigenvalue weighted by Gasteiger charge is -2.31. The summed E-state index contributed by atoms with van der Waals surface area (Å²) in [6, 6.07) is 0.746. The van der Waals surface area contributed by atoms with Gasteiger partial charge >= 0.3 is 12.3 Å². The fourth-order valence-corrected chi connectivity index (χ4v) is 3.17. The van der Waals surface area contributed by atoms with Crippen molar-refractivity contribution in [3.05, 3.63) is 22.8 Å². The van der Waals surface area contributed by atoms with E-state index in [1.165, 1.54) is 0 Å². The molecular formula is C17H23ClF3N3O2. The number of ether oxygens (including phenoxy) is 1. The summed E-state index contributed by atoms with van der Waals surface area (Å²) in [5.74, 6) is 0.246. The van der Waals surface area contributed by atoms with Crippen LogP contribution in [0.15, 0.2) is 12.3 Å². The highest BCUT2D eigenvalue weighted by Gasteiger charge is 2.34. The largest absolute Gasteiger partial charge is 0.444 e. The number of pyridine rings is 1. The van der Waals surface area contributed by atoms with Crippen molar-refractivity contribution in [1.29, 1.82) is 0 Å². The number of hydrogen-bond donors (Lipinski definition) is 0. The Bertz CT molecular complexity index is 662. The Balaban J connectivity index is 2.09. The summed E-state index contributed by atoms with van der Waals surface area (Å²) in [7, 11) is 1.69. The predicted molar refractivity (Wildman–Crippen MR) is 93.5 cm³/mol. The Labute approximate surface area is 156 Å². The zero-order valence-corrected chi connectivity index (χ0v) is 16.0. The number of carbonyl (C=O) groups is 1. The van der Waals surface area contributed by atoms with Crippen LogP contribution in [0.4, 0.5) is 23.8 Å². The van der Waals surface area contributed by atoms with Gasteiger partial charge in [0.1, 0.15) is 11.4 Å². The van der Waals surface area contributed by atoms with Gasteiger partial charge in [0.05, 0.1) is 16.6 Å². The maximum Gasteiger partial charge on any atom is 0.417 e. The number of anilines is 1. The van der Waals surface area contributed by atoms with E-state index in [2.05, 4.69) is 4.98 Å². The summed E-state index contributed by atoms with van der Waals surface area (Å²) in [5.41, 5.74) is -1.48. The number of aromatic nitrogens is 1. The molecule has 0 unspecified atom stereocenters. The van der Waals surface area contributed by atoms with Crippen LogP contribution < -0.4 is 4.90 Å². The SMILES string of the molecule is CN(C[C@H]1CCCN1C(=O)OC(C)(C)C)c1ncc(C(F)(F)F)cc1Cl. The Morgan fingerprint density at radius 2 is 2.08 bits per heavy atom. The summed E-state index contributed by atoms with van der Waals surface area (Å²) < 4.78 is 43.6. The van der Waals surface area contributed by atoms with Crippen LogP contribution in [0.2, 0.25) is 5.02 Å². The van der Waals surface area contributed by atoms with E-state index in [4.69, 9.17) is 16.3 Å². The fourth-order valence-electron chi connectivity index (χ4n) is 2.86. The molecule has 9 heteroatoms. The van der Waals surface area contributed by atoms with E-state index in [9.17, 15) is 18.0 Å². The quantitative estimate of drug-likeness (QED) is 0.753. The molecule has 1 aromatic rings. The van der Waals surface area contributed by atoms with E-state index in [1.54, 1.807) is 37.6 Å². The molecule has 1 aromatic heterocycles. The normalized spacial score (nSPS) is 18.2. The number of nitrogens with zero attached hydrogens (tertiary/aromatic N) is 3. The Kier molecular flexibility index (Phi) is 5.95. The number of likely N-dealkylation sites (N-methyl/N-ethyl adjacent to an activating group) is 1. The lowest BCUT2D eigenvalue weighted by atomic mass is 10.2. The zero-order chi connectivity index (χ0) is 19.7. The number of likely N-dealkylation sites (tertiary alicyclic amines) is 1. The highest BCUT2D eigenvalue weighted by molar-refractivity contribution is 6.33. The zero-order valence-electron chi connectivity index (χ0n) is 15.2. The van der Waals surface area contributed by atoms with Gasteiger partial charge in [0.2, 0.25) is 0 Å². The Morgan fingerprint density at radius 3 is 2.62 bits per heavy atom. The molecule has 1 amide bonds. The van der Waals surface area contributed by atoms with Crippen molar-refractivity contribution in [2.45, 2.75) is 51.4 Å². The molecule has 0 aliphatic carbocycles. The van der Waals surface area contributed by atoms with E-state index < -0.39 is 17.3 Å². The van der Waals surface area contributed by atoms with Crippen LogP contribution in [0.25, 0.3) is 0 Å². The average Bonchev–Trinajstić information content (AvgIpc) is 2.92. The third-order valence-corrected chi connectivity index (χ3v) is 4.28. The molecule has 26 heavy (non-hydrogen) atoms. The van der Waals surface area contributed by atoms with E-state index >= 15 is 0 Å². The van der Waals surface area contributed by atoms with Crippen LogP contribution >= 0.6 is 11.6 Å². The number of carbonyl (C=O) groups excluding carboxylic acids is 1. The lowest BCUT2D eigenvalue weighted by molar-refractivity contribution is -0.137. The number of rotatable bonds is 3. The van der Waals surface area contributed by atoms with Crippen LogP contribution in [0.1, 0.15) is 39.2 Å². The van der Waals surface area contributed by atoms with Crippen LogP contribution in [0.3, 0.4) is 0 Å². The second-order valence-corrected chi connectivity index (χ2v) is 7.78. The van der Waals surface area contributed by atoms with Gasteiger partial charge in [0.25, 0.3) is 0 Å². The summed E-state index contributed by atoms with van der Waals surface area (Å²) in [6.07, 6.45) is -2.50. The molecule has 1 aliphatic rings. The predicted octanol–water partition coefficient (Wildman–Crippen LogP) is 4.59. The number of halogens is 4. The van der Waals surface area contributed by atoms with Crippen LogP contribution in [0.5, 0.6) is 0 Å². The first-order valence-corrected chi connectivity index (χ1v) is 8.70. The molecule has 0 radical (unpaired) electrons. The minimum absolute atomic E-state index is 0.0795. The maximum atomic E-state index is 12.7. The third-order valence-electron chi connectivity index (χ3n) is 4.00. The van der Waals surface area contributed by atoms with Gasteiger partial charge in [-0.1, -0.05) is 11.6 Å².